The Bertz CT molecular complexity index is 534. The van der Waals surface area contributed by atoms with E-state index in [9.17, 15) is 26.8 Å². The molecule has 0 amide bonds. The molecule has 0 aliphatic rings. The lowest BCUT2D eigenvalue weighted by Crippen LogP contribution is -2.66. The summed E-state index contributed by atoms with van der Waals surface area (Å²) < 4.78 is 79.1. The minimum Gasteiger partial charge on any atom is -0.385 e. The molecule has 10 heteroatoms. The van der Waals surface area contributed by atoms with E-state index in [4.69, 9.17) is 8.85 Å². The van der Waals surface area contributed by atoms with Crippen LogP contribution in [-0.2, 0) is 8.85 Å². The number of alkyl halides is 2. The first-order valence-corrected chi connectivity index (χ1v) is 8.54. The molecule has 0 aliphatic carbocycles. The van der Waals surface area contributed by atoms with Gasteiger partial charge in [0.15, 0.2) is 11.6 Å². The van der Waals surface area contributed by atoms with Crippen molar-refractivity contribution in [3.8, 4) is 0 Å². The van der Waals surface area contributed by atoms with Crippen LogP contribution < -0.4 is 5.12 Å². The van der Waals surface area contributed by atoms with Gasteiger partial charge in [-0.3, -0.25) is 0 Å². The largest absolute Gasteiger partial charge is 0.600 e. The molecule has 0 bridgehead atoms. The van der Waals surface area contributed by atoms with E-state index in [0.29, 0.717) is 12.1 Å². The molecule has 0 unspecified atom stereocenters. The van der Waals surface area contributed by atoms with E-state index in [2.05, 4.69) is 0 Å². The minimum absolute atomic E-state index is 0.603. The van der Waals surface area contributed by atoms with Crippen molar-refractivity contribution < 1.29 is 35.7 Å². The summed E-state index contributed by atoms with van der Waals surface area (Å²) in [7, 11) is -5.46. The SMILES string of the molecule is CC(C)O[Si](O)(OC(C)C)C(F)(F)N(F)c1cccc(F)c1F. The van der Waals surface area contributed by atoms with Crippen molar-refractivity contribution in [2.75, 3.05) is 5.12 Å². The number of hydrogen-bond donors (Lipinski definition) is 1. The topological polar surface area (TPSA) is 41.9 Å². The molecule has 1 aromatic carbocycles. The predicted octanol–water partition coefficient (Wildman–Crippen LogP) is 3.57. The maximum atomic E-state index is 14.4. The predicted molar refractivity (Wildman–Crippen MR) is 75.3 cm³/mol. The zero-order valence-corrected chi connectivity index (χ0v) is 14.0. The Kier molecular flexibility index (Phi) is 6.13. The van der Waals surface area contributed by atoms with E-state index in [1.807, 2.05) is 0 Å². The highest BCUT2D eigenvalue weighted by atomic mass is 28.4. The summed E-state index contributed by atoms with van der Waals surface area (Å²) in [6.45, 7) is 5.35. The molecular weight excluding hydrogens is 341 g/mol. The van der Waals surface area contributed by atoms with Crippen LogP contribution in [0.2, 0.25) is 0 Å². The van der Waals surface area contributed by atoms with Gasteiger partial charge in [-0.2, -0.15) is 8.78 Å². The molecule has 0 atom stereocenters. The fourth-order valence-electron chi connectivity index (χ4n) is 1.73. The summed E-state index contributed by atoms with van der Waals surface area (Å²) in [6.07, 6.45) is -1.83. The van der Waals surface area contributed by atoms with Crippen LogP contribution in [0.3, 0.4) is 0 Å². The number of benzene rings is 1. The normalized spacial score (nSPS) is 13.0. The van der Waals surface area contributed by atoms with Crippen LogP contribution in [-0.4, -0.2) is 31.5 Å². The van der Waals surface area contributed by atoms with Gasteiger partial charge in [0.1, 0.15) is 5.69 Å². The van der Waals surface area contributed by atoms with Gasteiger partial charge in [0, 0.05) is 12.2 Å². The highest BCUT2D eigenvalue weighted by Crippen LogP contribution is 2.38. The second-order valence-electron chi connectivity index (χ2n) is 5.31. The minimum atomic E-state index is -5.46. The van der Waals surface area contributed by atoms with Crippen LogP contribution in [0.1, 0.15) is 27.7 Å². The van der Waals surface area contributed by atoms with Crippen LogP contribution in [0.4, 0.5) is 27.7 Å². The molecular formula is C13H18F5NO3Si. The Morgan fingerprint density at radius 3 is 2.00 bits per heavy atom. The third-order valence-corrected chi connectivity index (χ3v) is 5.10. The highest BCUT2D eigenvalue weighted by Gasteiger charge is 2.69. The second kappa shape index (κ2) is 7.12. The van der Waals surface area contributed by atoms with Crippen molar-refractivity contribution in [3.05, 3.63) is 29.8 Å². The lowest BCUT2D eigenvalue weighted by molar-refractivity contribution is -0.0792. The Morgan fingerprint density at radius 2 is 1.57 bits per heavy atom. The van der Waals surface area contributed by atoms with Gasteiger partial charge < -0.3 is 13.6 Å². The highest BCUT2D eigenvalue weighted by molar-refractivity contribution is 6.62. The fourth-order valence-corrected chi connectivity index (χ4v) is 3.71. The van der Waals surface area contributed by atoms with Gasteiger partial charge in [-0.05, 0) is 39.8 Å². The standard InChI is InChI=1S/C13H18F5NO3Si/c1-8(2)21-23(20,22-9(3)4)13(16,17)19(18)11-7-5-6-10(14)12(11)15/h5-9,20H,1-4H3. The smallest absolute Gasteiger partial charge is 0.385 e. The molecule has 4 nitrogen and oxygen atoms in total. The van der Waals surface area contributed by atoms with E-state index < -0.39 is 49.1 Å². The molecule has 0 spiro atoms. The molecule has 132 valence electrons. The maximum absolute atomic E-state index is 14.4. The molecule has 0 saturated carbocycles. The first kappa shape index (κ1) is 19.8. The van der Waals surface area contributed by atoms with Gasteiger partial charge in [0.25, 0.3) is 0 Å². The van der Waals surface area contributed by atoms with Crippen LogP contribution >= 0.6 is 0 Å². The third-order valence-electron chi connectivity index (χ3n) is 2.56. The first-order valence-electron chi connectivity index (χ1n) is 6.78. The summed E-state index contributed by atoms with van der Waals surface area (Å²) in [5.41, 5.74) is -6.10. The second-order valence-corrected chi connectivity index (χ2v) is 7.55. The van der Waals surface area contributed by atoms with Crippen LogP contribution in [0.5, 0.6) is 0 Å². The van der Waals surface area contributed by atoms with Crippen molar-refractivity contribution in [1.82, 2.24) is 0 Å². The summed E-state index contributed by atoms with van der Waals surface area (Å²) in [5, 5.41) is -1.36. The molecule has 0 saturated heterocycles. The van der Waals surface area contributed by atoms with E-state index in [1.165, 1.54) is 27.7 Å². The van der Waals surface area contributed by atoms with Gasteiger partial charge in [-0.15, -0.1) is 5.12 Å². The monoisotopic (exact) mass is 359 g/mol. The summed E-state index contributed by atoms with van der Waals surface area (Å²) in [4.78, 5) is 10.1. The maximum Gasteiger partial charge on any atom is 0.600 e. The average Bonchev–Trinajstić information content (AvgIpc) is 2.39. The molecule has 0 aromatic heterocycles. The molecule has 0 heterocycles. The zero-order chi connectivity index (χ0) is 18.0. The number of halogens is 5. The molecule has 0 radical (unpaired) electrons. The van der Waals surface area contributed by atoms with Crippen molar-refractivity contribution in [3.63, 3.8) is 0 Å². The third kappa shape index (κ3) is 4.19. The zero-order valence-electron chi connectivity index (χ0n) is 13.0. The number of hydrogen-bond acceptors (Lipinski definition) is 4. The van der Waals surface area contributed by atoms with Gasteiger partial charge in [0.05, 0.1) is 0 Å². The first-order chi connectivity index (χ1) is 10.4. The van der Waals surface area contributed by atoms with Gasteiger partial charge in [-0.25, -0.2) is 8.78 Å². The Labute approximate surface area is 131 Å². The van der Waals surface area contributed by atoms with Crippen molar-refractivity contribution in [1.29, 1.82) is 0 Å². The number of nitrogens with zero attached hydrogens (tertiary/aromatic N) is 1. The van der Waals surface area contributed by atoms with Gasteiger partial charge in [-0.1, -0.05) is 10.5 Å². The van der Waals surface area contributed by atoms with E-state index in [0.717, 1.165) is 6.07 Å². The van der Waals surface area contributed by atoms with Crippen molar-refractivity contribution in [2.45, 2.75) is 45.6 Å². The van der Waals surface area contributed by atoms with Gasteiger partial charge in [0.2, 0.25) is 0 Å². The van der Waals surface area contributed by atoms with Crippen molar-refractivity contribution in [2.24, 2.45) is 0 Å². The lowest BCUT2D eigenvalue weighted by atomic mass is 10.3. The number of rotatable bonds is 7. The summed E-state index contributed by atoms with van der Waals surface area (Å²) in [5.74, 6) is -3.33. The molecule has 23 heavy (non-hydrogen) atoms. The molecule has 0 aliphatic heterocycles. The summed E-state index contributed by atoms with van der Waals surface area (Å²) in [6, 6.07) is 2.10. The Hall–Kier alpha value is -1.23. The van der Waals surface area contributed by atoms with E-state index in [-0.39, 0.29) is 0 Å². The average molecular weight is 359 g/mol. The van der Waals surface area contributed by atoms with Gasteiger partial charge >= 0.3 is 14.5 Å². The van der Waals surface area contributed by atoms with E-state index in [1.54, 1.807) is 0 Å². The van der Waals surface area contributed by atoms with E-state index >= 15 is 0 Å². The van der Waals surface area contributed by atoms with Crippen molar-refractivity contribution >= 4 is 14.5 Å². The quantitative estimate of drug-likeness (QED) is 0.350. The molecule has 1 N–H and O–H groups in total. The molecule has 0 fully saturated rings. The van der Waals surface area contributed by atoms with Crippen LogP contribution in [0, 0.1) is 11.6 Å². The Morgan fingerprint density at radius 1 is 1.09 bits per heavy atom. The van der Waals surface area contributed by atoms with Crippen LogP contribution in [0.15, 0.2) is 18.2 Å². The lowest BCUT2D eigenvalue weighted by Gasteiger charge is -2.36. The fraction of sp³-hybridized carbons (Fsp3) is 0.538. The number of anilines is 1. The molecule has 1 aromatic rings. The van der Waals surface area contributed by atoms with Crippen LogP contribution in [0.25, 0.3) is 0 Å². The Balaban J connectivity index is 3.29. The molecule has 1 rings (SSSR count). The summed E-state index contributed by atoms with van der Waals surface area (Å²) >= 11 is 0.